The van der Waals surface area contributed by atoms with E-state index in [0.29, 0.717) is 0 Å². The molecule has 148 valence electrons. The first-order valence-electron chi connectivity index (χ1n) is 10.7. The summed E-state index contributed by atoms with van der Waals surface area (Å²) in [4.78, 5) is 2.37. The molecule has 0 N–H and O–H groups in total. The molecular weight excluding hydrogens is 373 g/mol. The molecule has 5 rings (SSSR count). The SMILES string of the molecule is CN1C(c2ccccc2)=CC(c2ccccc2)=BC1c1ccc(-c2ccccc2)cc1. The molecule has 1 atom stereocenters. The molecule has 0 fully saturated rings. The second kappa shape index (κ2) is 8.61. The standard InChI is InChI=1S/C29H24BN/c1-31-28(25-15-9-4-10-16-25)21-27(24-13-7-3-8-14-24)30-29(31)26-19-17-23(18-20-26)22-11-5-2-6-12-22/h2-21,29H,1H3. The van der Waals surface area contributed by atoms with Gasteiger partial charge in [-0.1, -0.05) is 0 Å². The maximum absolute atomic E-state index is 2.37. The first-order chi connectivity index (χ1) is 15.3. The zero-order valence-corrected chi connectivity index (χ0v) is 17.6. The van der Waals surface area contributed by atoms with Gasteiger partial charge < -0.3 is 0 Å². The van der Waals surface area contributed by atoms with Gasteiger partial charge >= 0.3 is 185 Å². The fourth-order valence-electron chi connectivity index (χ4n) is 4.26. The number of hydrogen-bond acceptors (Lipinski definition) is 1. The van der Waals surface area contributed by atoms with Crippen LogP contribution in [0.5, 0.6) is 0 Å². The van der Waals surface area contributed by atoms with Gasteiger partial charge in [0.25, 0.3) is 0 Å². The maximum atomic E-state index is 2.37. The molecule has 1 unspecified atom stereocenters. The van der Waals surface area contributed by atoms with Gasteiger partial charge in [0.05, 0.1) is 0 Å². The van der Waals surface area contributed by atoms with Gasteiger partial charge in [0.15, 0.2) is 0 Å². The van der Waals surface area contributed by atoms with Crippen molar-refractivity contribution < 1.29 is 0 Å². The third-order valence-electron chi connectivity index (χ3n) is 5.96. The summed E-state index contributed by atoms with van der Waals surface area (Å²) in [5.74, 6) is 0.167. The van der Waals surface area contributed by atoms with Crippen LogP contribution in [0.2, 0.25) is 0 Å². The van der Waals surface area contributed by atoms with Crippen molar-refractivity contribution in [2.24, 2.45) is 0 Å². The van der Waals surface area contributed by atoms with Crippen LogP contribution in [0.25, 0.3) is 16.8 Å². The molecule has 31 heavy (non-hydrogen) atoms. The Morgan fingerprint density at radius 3 is 1.61 bits per heavy atom. The van der Waals surface area contributed by atoms with Gasteiger partial charge in [-0.25, -0.2) is 0 Å². The Kier molecular flexibility index (Phi) is 5.37. The summed E-state index contributed by atoms with van der Waals surface area (Å²) < 4.78 is 0. The molecule has 4 aromatic carbocycles. The normalized spacial score (nSPS) is 15.6. The molecule has 2 heteroatoms. The fraction of sp³-hybridized carbons (Fsp3) is 0.0690. The predicted octanol–water partition coefficient (Wildman–Crippen LogP) is 6.26. The Morgan fingerprint density at radius 1 is 0.548 bits per heavy atom. The first kappa shape index (κ1) is 19.3. The Labute approximate surface area is 185 Å². The summed E-state index contributed by atoms with van der Waals surface area (Å²) in [6.07, 6.45) is 2.31. The van der Waals surface area contributed by atoms with Crippen molar-refractivity contribution in [1.82, 2.24) is 4.90 Å². The van der Waals surface area contributed by atoms with Gasteiger partial charge in [0, 0.05) is 0 Å². The van der Waals surface area contributed by atoms with E-state index >= 15 is 0 Å². The van der Waals surface area contributed by atoms with E-state index in [4.69, 9.17) is 0 Å². The van der Waals surface area contributed by atoms with E-state index in [2.05, 4.69) is 140 Å². The quantitative estimate of drug-likeness (QED) is 0.367. The van der Waals surface area contributed by atoms with E-state index in [-0.39, 0.29) is 5.94 Å². The minimum absolute atomic E-state index is 0.167. The van der Waals surface area contributed by atoms with Crippen molar-refractivity contribution in [2.75, 3.05) is 7.05 Å². The molecule has 1 nitrogen and oxygen atoms in total. The van der Waals surface area contributed by atoms with Crippen LogP contribution in [0, 0.1) is 0 Å². The first-order valence-corrected chi connectivity index (χ1v) is 10.7. The van der Waals surface area contributed by atoms with Gasteiger partial charge in [-0.3, -0.25) is 0 Å². The van der Waals surface area contributed by atoms with Gasteiger partial charge in [-0.2, -0.15) is 0 Å². The molecule has 4 aromatic rings. The molecule has 1 heterocycles. The van der Waals surface area contributed by atoms with Crippen molar-refractivity contribution >= 4 is 18.1 Å². The molecule has 0 bridgehead atoms. The van der Waals surface area contributed by atoms with Crippen LogP contribution in [-0.2, 0) is 0 Å². The fourth-order valence-corrected chi connectivity index (χ4v) is 4.26. The van der Waals surface area contributed by atoms with Gasteiger partial charge in [0.1, 0.15) is 0 Å². The predicted molar refractivity (Wildman–Crippen MR) is 133 cm³/mol. The van der Waals surface area contributed by atoms with Crippen LogP contribution in [0.1, 0.15) is 22.6 Å². The Hall–Kier alpha value is -3.65. The molecule has 0 spiro atoms. The van der Waals surface area contributed by atoms with E-state index < -0.39 is 0 Å². The second-order valence-electron chi connectivity index (χ2n) is 7.93. The third kappa shape index (κ3) is 4.02. The van der Waals surface area contributed by atoms with E-state index in [0.717, 1.165) is 0 Å². The Bertz CT molecular complexity index is 1210. The average molecular weight is 397 g/mol. The number of allylic oxidation sites excluding steroid dienone is 1. The number of nitrogens with zero attached hydrogens (tertiary/aromatic N) is 1. The third-order valence-corrected chi connectivity index (χ3v) is 5.96. The van der Waals surface area contributed by atoms with E-state index in [1.54, 1.807) is 0 Å². The molecule has 0 aliphatic carbocycles. The zero-order chi connectivity index (χ0) is 21.0. The molecular formula is C29H24BN. The summed E-state index contributed by atoms with van der Waals surface area (Å²) in [7, 11) is 2.19. The van der Waals surface area contributed by atoms with Crippen molar-refractivity contribution in [1.29, 1.82) is 0 Å². The van der Waals surface area contributed by atoms with Crippen molar-refractivity contribution in [3.05, 3.63) is 138 Å². The summed E-state index contributed by atoms with van der Waals surface area (Å²) in [6, 6.07) is 40.8. The summed E-state index contributed by atoms with van der Waals surface area (Å²) in [5.41, 5.74) is 8.75. The van der Waals surface area contributed by atoms with Crippen LogP contribution in [-0.4, -0.2) is 24.3 Å². The Balaban J connectivity index is 1.56. The van der Waals surface area contributed by atoms with Crippen LogP contribution in [0.3, 0.4) is 0 Å². The number of benzene rings is 4. The molecule has 0 radical (unpaired) electrons. The van der Waals surface area contributed by atoms with Crippen LogP contribution < -0.4 is 0 Å². The van der Waals surface area contributed by atoms with E-state index in [9.17, 15) is 0 Å². The summed E-state index contributed by atoms with van der Waals surface area (Å²) in [5, 5.41) is 0. The molecule has 0 saturated carbocycles. The topological polar surface area (TPSA) is 3.24 Å². The monoisotopic (exact) mass is 397 g/mol. The van der Waals surface area contributed by atoms with Crippen LogP contribution >= 0.6 is 0 Å². The number of rotatable bonds is 4. The molecule has 1 aliphatic heterocycles. The van der Waals surface area contributed by atoms with Crippen LogP contribution in [0.4, 0.5) is 0 Å². The molecule has 0 aromatic heterocycles. The van der Waals surface area contributed by atoms with Gasteiger partial charge in [-0.05, 0) is 0 Å². The van der Waals surface area contributed by atoms with Crippen molar-refractivity contribution in [3.63, 3.8) is 0 Å². The zero-order valence-electron chi connectivity index (χ0n) is 17.6. The van der Waals surface area contributed by atoms with Crippen molar-refractivity contribution in [2.45, 2.75) is 5.94 Å². The van der Waals surface area contributed by atoms with E-state index in [1.807, 2.05) is 0 Å². The Morgan fingerprint density at radius 2 is 1.03 bits per heavy atom. The minimum atomic E-state index is 0.167. The van der Waals surface area contributed by atoms with E-state index in [1.165, 1.54) is 39.0 Å². The van der Waals surface area contributed by atoms with Crippen LogP contribution in [0.15, 0.2) is 121 Å². The summed E-state index contributed by atoms with van der Waals surface area (Å²) in [6.45, 7) is 2.37. The molecule has 0 saturated heterocycles. The van der Waals surface area contributed by atoms with Crippen molar-refractivity contribution in [3.8, 4) is 11.1 Å². The molecule has 1 aliphatic rings. The summed E-state index contributed by atoms with van der Waals surface area (Å²) >= 11 is 0. The van der Waals surface area contributed by atoms with Gasteiger partial charge in [0.2, 0.25) is 0 Å². The van der Waals surface area contributed by atoms with Gasteiger partial charge in [-0.15, -0.1) is 0 Å². The molecule has 0 amide bonds. The second-order valence-corrected chi connectivity index (χ2v) is 7.93. The average Bonchev–Trinajstić information content (AvgIpc) is 2.86. The number of hydrogen-bond donors (Lipinski definition) is 0.